The first-order valence-corrected chi connectivity index (χ1v) is 13.1. The van der Waals surface area contributed by atoms with Crippen molar-refractivity contribution in [2.75, 3.05) is 9.80 Å². The number of rotatable bonds is 6. The molecule has 42 heavy (non-hydrogen) atoms. The smallest absolute Gasteiger partial charge is 0.258 e. The Balaban J connectivity index is 1.49. The van der Waals surface area contributed by atoms with Crippen LogP contribution >= 0.6 is 0 Å². The molecule has 0 spiro atoms. The maximum Gasteiger partial charge on any atom is 0.258 e. The molecule has 0 aliphatic carbocycles. The Kier molecular flexibility index (Phi) is 6.31. The molecule has 2 aliphatic heterocycles. The average Bonchev–Trinajstić information content (AvgIpc) is 3.51. The van der Waals surface area contributed by atoms with Gasteiger partial charge in [0.05, 0.1) is 11.4 Å². The summed E-state index contributed by atoms with van der Waals surface area (Å²) in [6.07, 6.45) is 4.65. The minimum Gasteiger partial charge on any atom is -0.508 e. The Bertz CT molecular complexity index is 1710. The summed E-state index contributed by atoms with van der Waals surface area (Å²) in [5.41, 5.74) is 2.75. The van der Waals surface area contributed by atoms with Crippen molar-refractivity contribution < 1.29 is 29.4 Å². The zero-order valence-electron chi connectivity index (χ0n) is 22.4. The molecule has 0 unspecified atom stereocenters. The van der Waals surface area contributed by atoms with Crippen molar-refractivity contribution in [3.8, 4) is 22.6 Å². The molecule has 0 radical (unpaired) electrons. The van der Waals surface area contributed by atoms with Crippen LogP contribution in [0.4, 0.5) is 11.4 Å². The zero-order valence-corrected chi connectivity index (χ0v) is 22.4. The van der Waals surface area contributed by atoms with E-state index >= 15 is 0 Å². The minimum atomic E-state index is -1.16. The van der Waals surface area contributed by atoms with Gasteiger partial charge in [-0.05, 0) is 35.7 Å². The van der Waals surface area contributed by atoms with Crippen LogP contribution < -0.4 is 9.80 Å². The Labute approximate surface area is 241 Å². The van der Waals surface area contributed by atoms with E-state index in [2.05, 4.69) is 0 Å². The number of nitrogens with zero attached hydrogens (tertiary/aromatic N) is 2. The van der Waals surface area contributed by atoms with Gasteiger partial charge in [0.2, 0.25) is 0 Å². The highest BCUT2D eigenvalue weighted by atomic mass is 16.3. The van der Waals surface area contributed by atoms with Gasteiger partial charge in [-0.2, -0.15) is 0 Å². The molecule has 4 aromatic rings. The lowest BCUT2D eigenvalue weighted by atomic mass is 9.70. The Morgan fingerprint density at radius 2 is 0.929 bits per heavy atom. The van der Waals surface area contributed by atoms with Gasteiger partial charge in [-0.1, -0.05) is 66.7 Å². The average molecular weight is 557 g/mol. The second kappa shape index (κ2) is 10.0. The van der Waals surface area contributed by atoms with E-state index in [-0.39, 0.29) is 22.9 Å². The molecule has 6 rings (SSSR count). The third kappa shape index (κ3) is 4.26. The van der Waals surface area contributed by atoms with E-state index in [1.807, 2.05) is 61.5 Å². The molecule has 2 N–H and O–H groups in total. The van der Waals surface area contributed by atoms with E-state index in [0.29, 0.717) is 11.1 Å². The van der Waals surface area contributed by atoms with Gasteiger partial charge in [0, 0.05) is 53.0 Å². The topological polar surface area (TPSA) is 115 Å². The quantitative estimate of drug-likeness (QED) is 0.256. The number of hydrogen-bond acceptors (Lipinski definition) is 6. The van der Waals surface area contributed by atoms with Crippen molar-refractivity contribution in [3.63, 3.8) is 0 Å². The number of anilines is 2. The highest BCUT2D eigenvalue weighted by Gasteiger charge is 2.38. The first kappa shape index (κ1) is 26.5. The first-order valence-electron chi connectivity index (χ1n) is 13.1. The van der Waals surface area contributed by atoms with Gasteiger partial charge in [-0.3, -0.25) is 19.2 Å². The van der Waals surface area contributed by atoms with E-state index in [9.17, 15) is 29.4 Å². The summed E-state index contributed by atoms with van der Waals surface area (Å²) in [4.78, 5) is 50.9. The molecule has 0 atom stereocenters. The minimum absolute atomic E-state index is 0.202. The summed E-state index contributed by atoms with van der Waals surface area (Å²) in [5.74, 6) is -2.46. The molecule has 0 aromatic heterocycles. The Morgan fingerprint density at radius 1 is 0.524 bits per heavy atom. The summed E-state index contributed by atoms with van der Waals surface area (Å²) in [6, 6.07) is 26.5. The van der Waals surface area contributed by atoms with Crippen molar-refractivity contribution >= 4 is 35.0 Å². The summed E-state index contributed by atoms with van der Waals surface area (Å²) >= 11 is 0. The summed E-state index contributed by atoms with van der Waals surface area (Å²) < 4.78 is 0. The molecular formula is C34H24N2O6. The van der Waals surface area contributed by atoms with E-state index in [1.54, 1.807) is 24.3 Å². The number of carbonyl (C=O) groups excluding carboxylic acids is 4. The number of benzene rings is 4. The molecule has 4 amide bonds. The second-order valence-electron chi connectivity index (χ2n) is 10.2. The lowest BCUT2D eigenvalue weighted by molar-refractivity contribution is -0.121. The van der Waals surface area contributed by atoms with E-state index < -0.39 is 29.0 Å². The SMILES string of the molecule is CC(c1ccc(-c2ccccc2)cc1)(c1ccc(N2C(=O)C=CC2=O)cc1O)c1ccc(N2C(=O)C=CC2=O)cc1O. The van der Waals surface area contributed by atoms with Crippen molar-refractivity contribution in [2.45, 2.75) is 12.3 Å². The van der Waals surface area contributed by atoms with Crippen molar-refractivity contribution in [2.24, 2.45) is 0 Å². The maximum absolute atomic E-state index is 12.2. The van der Waals surface area contributed by atoms with Crippen LogP contribution in [0.1, 0.15) is 23.6 Å². The van der Waals surface area contributed by atoms with Gasteiger partial charge in [0.1, 0.15) is 11.5 Å². The van der Waals surface area contributed by atoms with Crippen LogP contribution in [0.2, 0.25) is 0 Å². The third-order valence-corrected chi connectivity index (χ3v) is 7.74. The highest BCUT2D eigenvalue weighted by molar-refractivity contribution is 6.28. The number of carbonyl (C=O) groups is 4. The predicted molar refractivity (Wildman–Crippen MR) is 157 cm³/mol. The van der Waals surface area contributed by atoms with E-state index in [0.717, 1.165) is 50.8 Å². The largest absolute Gasteiger partial charge is 0.508 e. The third-order valence-electron chi connectivity index (χ3n) is 7.74. The fourth-order valence-electron chi connectivity index (χ4n) is 5.56. The fraction of sp³-hybridized carbons (Fsp3) is 0.0588. The van der Waals surface area contributed by atoms with E-state index in [4.69, 9.17) is 0 Å². The number of phenols is 2. The van der Waals surface area contributed by atoms with Gasteiger partial charge < -0.3 is 10.2 Å². The normalized spacial score (nSPS) is 14.9. The maximum atomic E-state index is 12.2. The summed E-state index contributed by atoms with van der Waals surface area (Å²) in [6.45, 7) is 1.83. The number of amides is 4. The molecule has 8 heteroatoms. The molecule has 0 saturated carbocycles. The number of imide groups is 2. The molecule has 0 fully saturated rings. The van der Waals surface area contributed by atoms with Gasteiger partial charge >= 0.3 is 0 Å². The standard InChI is InChI=1S/C34H24N2O6/c1-34(23-9-7-22(8-10-23)21-5-3-2-4-6-21,26-13-11-24(19-28(26)37)35-30(39)15-16-31(35)40)27-14-12-25(20-29(27)38)36-32(41)17-18-33(36)42/h2-20,37-38H,1H3. The lowest BCUT2D eigenvalue weighted by Gasteiger charge is -2.34. The van der Waals surface area contributed by atoms with Gasteiger partial charge in [-0.15, -0.1) is 0 Å². The monoisotopic (exact) mass is 556 g/mol. The number of hydrogen-bond donors (Lipinski definition) is 2. The van der Waals surface area contributed by atoms with Crippen LogP contribution in [0, 0.1) is 0 Å². The molecule has 206 valence electrons. The van der Waals surface area contributed by atoms with Crippen molar-refractivity contribution in [1.29, 1.82) is 0 Å². The molecule has 0 saturated heterocycles. The summed E-state index contributed by atoms with van der Waals surface area (Å²) in [5, 5.41) is 22.7. The molecule has 2 heterocycles. The van der Waals surface area contributed by atoms with Gasteiger partial charge in [0.25, 0.3) is 23.6 Å². The lowest BCUT2D eigenvalue weighted by Crippen LogP contribution is -2.31. The van der Waals surface area contributed by atoms with Gasteiger partial charge in [-0.25, -0.2) is 9.80 Å². The van der Waals surface area contributed by atoms with Crippen molar-refractivity contribution in [3.05, 3.63) is 132 Å². The molecule has 0 bridgehead atoms. The first-order chi connectivity index (χ1) is 20.2. The van der Waals surface area contributed by atoms with E-state index in [1.165, 1.54) is 12.1 Å². The predicted octanol–water partition coefficient (Wildman–Crippen LogP) is 4.98. The van der Waals surface area contributed by atoms with Crippen molar-refractivity contribution in [1.82, 2.24) is 0 Å². The fourth-order valence-corrected chi connectivity index (χ4v) is 5.56. The van der Waals surface area contributed by atoms with Gasteiger partial charge in [0.15, 0.2) is 0 Å². The van der Waals surface area contributed by atoms with Crippen LogP contribution in [0.5, 0.6) is 11.5 Å². The molecular weight excluding hydrogens is 532 g/mol. The molecule has 8 nitrogen and oxygen atoms in total. The Morgan fingerprint density at radius 3 is 1.33 bits per heavy atom. The van der Waals surface area contributed by atoms with Crippen LogP contribution in [0.3, 0.4) is 0 Å². The molecule has 4 aromatic carbocycles. The second-order valence-corrected chi connectivity index (χ2v) is 10.2. The van der Waals surface area contributed by atoms with Crippen LogP contribution in [0.15, 0.2) is 115 Å². The number of aromatic hydroxyl groups is 2. The highest BCUT2D eigenvalue weighted by Crippen LogP contribution is 2.48. The zero-order chi connectivity index (χ0) is 29.6. The van der Waals surface area contributed by atoms with Crippen LogP contribution in [-0.2, 0) is 24.6 Å². The summed E-state index contributed by atoms with van der Waals surface area (Å²) in [7, 11) is 0. The van der Waals surface area contributed by atoms with Crippen LogP contribution in [0.25, 0.3) is 11.1 Å². The van der Waals surface area contributed by atoms with Crippen LogP contribution in [-0.4, -0.2) is 33.8 Å². The Hall–Kier alpha value is -5.76. The number of phenolic OH excluding ortho intramolecular Hbond substituents is 2. The molecule has 2 aliphatic rings.